The highest BCUT2D eigenvalue weighted by Gasteiger charge is 2.54. The van der Waals surface area contributed by atoms with Gasteiger partial charge in [-0.05, 0) is 76.5 Å². The van der Waals surface area contributed by atoms with Crippen molar-refractivity contribution < 1.29 is 23.5 Å². The number of carbonyl (C=O) groups excluding carboxylic acids is 3. The van der Waals surface area contributed by atoms with Crippen LogP contribution in [0.2, 0.25) is 0 Å². The summed E-state index contributed by atoms with van der Waals surface area (Å²) in [5, 5.41) is 12.3. The van der Waals surface area contributed by atoms with Gasteiger partial charge in [0.15, 0.2) is 0 Å². The number of rotatable bonds is 7. The molecule has 0 spiro atoms. The summed E-state index contributed by atoms with van der Waals surface area (Å²) in [5.41, 5.74) is 0.227. The van der Waals surface area contributed by atoms with Gasteiger partial charge in [0, 0.05) is 25.7 Å². The highest BCUT2D eigenvalue weighted by Crippen LogP contribution is 2.47. The zero-order chi connectivity index (χ0) is 27.9. The lowest BCUT2D eigenvalue weighted by molar-refractivity contribution is -0.143. The number of halogens is 1. The molecular weight excluding hydrogens is 501 g/mol. The molecule has 9 nitrogen and oxygen atoms in total. The second kappa shape index (κ2) is 10.8. The first kappa shape index (κ1) is 27.4. The number of fused-ring (bicyclic) bond motifs is 2. The largest absolute Gasteiger partial charge is 0.444 e. The maximum atomic E-state index is 13.8. The summed E-state index contributed by atoms with van der Waals surface area (Å²) in [7, 11) is 0. The van der Waals surface area contributed by atoms with Crippen molar-refractivity contribution in [1.82, 2.24) is 20.0 Å². The first-order valence-corrected chi connectivity index (χ1v) is 14.1. The highest BCUT2D eigenvalue weighted by atomic mass is 19.1. The van der Waals surface area contributed by atoms with E-state index in [1.165, 1.54) is 17.0 Å². The van der Waals surface area contributed by atoms with Crippen molar-refractivity contribution in [1.29, 1.82) is 5.26 Å². The molecule has 1 saturated carbocycles. The molecule has 5 rings (SSSR count). The van der Waals surface area contributed by atoms with Gasteiger partial charge in [-0.15, -0.1) is 0 Å². The Hall–Kier alpha value is -3.19. The monoisotopic (exact) mass is 539 g/mol. The maximum absolute atomic E-state index is 13.8. The molecule has 4 aliphatic rings. The number of nitriles is 1. The van der Waals surface area contributed by atoms with Crippen molar-refractivity contribution in [3.8, 4) is 6.07 Å². The summed E-state index contributed by atoms with van der Waals surface area (Å²) in [6, 6.07) is 6.73. The third-order valence-electron chi connectivity index (χ3n) is 8.51. The van der Waals surface area contributed by atoms with Gasteiger partial charge in [-0.3, -0.25) is 14.5 Å². The summed E-state index contributed by atoms with van der Waals surface area (Å²) in [6.45, 7) is 6.47. The quantitative estimate of drug-likeness (QED) is 0.570. The van der Waals surface area contributed by atoms with Gasteiger partial charge in [-0.25, -0.2) is 9.18 Å². The predicted molar refractivity (Wildman–Crippen MR) is 141 cm³/mol. The topological polar surface area (TPSA) is 106 Å². The van der Waals surface area contributed by atoms with Crippen molar-refractivity contribution in [2.75, 3.05) is 19.6 Å². The van der Waals surface area contributed by atoms with E-state index in [1.807, 2.05) is 9.80 Å². The second-order valence-electron chi connectivity index (χ2n) is 12.3. The second-order valence-corrected chi connectivity index (χ2v) is 12.3. The van der Waals surface area contributed by atoms with Crippen molar-refractivity contribution in [3.63, 3.8) is 0 Å². The molecule has 1 aromatic carbocycles. The predicted octanol–water partition coefficient (Wildman–Crippen LogP) is 3.36. The highest BCUT2D eigenvalue weighted by molar-refractivity contribution is 5.88. The summed E-state index contributed by atoms with van der Waals surface area (Å²) in [6.07, 6.45) is 4.50. The van der Waals surface area contributed by atoms with Crippen molar-refractivity contribution in [2.45, 2.75) is 95.1 Å². The van der Waals surface area contributed by atoms with Gasteiger partial charge in [-0.2, -0.15) is 5.26 Å². The number of nitrogens with one attached hydrogen (secondary N) is 1. The van der Waals surface area contributed by atoms with Crippen LogP contribution in [0.4, 0.5) is 9.18 Å². The molecule has 3 amide bonds. The normalized spacial score (nSPS) is 26.7. The average Bonchev–Trinajstić information content (AvgIpc) is 3.55. The third kappa shape index (κ3) is 5.60. The van der Waals surface area contributed by atoms with Crippen LogP contribution in [0, 0.1) is 23.1 Å². The Kier molecular flexibility index (Phi) is 7.55. The van der Waals surface area contributed by atoms with E-state index in [4.69, 9.17) is 4.74 Å². The Bertz CT molecular complexity index is 1140. The van der Waals surface area contributed by atoms with Crippen molar-refractivity contribution in [3.05, 3.63) is 35.6 Å². The van der Waals surface area contributed by atoms with Crippen LogP contribution < -0.4 is 5.32 Å². The Morgan fingerprint density at radius 2 is 1.90 bits per heavy atom. The molecule has 0 aromatic heterocycles. The lowest BCUT2D eigenvalue weighted by Crippen LogP contribution is -2.59. The molecule has 1 aliphatic carbocycles. The number of carbonyl (C=O) groups is 3. The molecule has 5 atom stereocenters. The molecular formula is C29H38FN5O4. The number of amides is 3. The van der Waals surface area contributed by atoms with E-state index >= 15 is 0 Å². The number of ether oxygens (including phenoxy) is 1. The number of piperazine rings is 1. The van der Waals surface area contributed by atoms with Crippen molar-refractivity contribution >= 4 is 17.9 Å². The van der Waals surface area contributed by atoms with Gasteiger partial charge in [0.05, 0.1) is 18.2 Å². The Balaban J connectivity index is 1.33. The standard InChI is InChI=1S/C29H38FN5O4/c1-29(2,3)39-28(38)32-23(26(36)34-13-5-8-21(34)15-31)17-33-16-22-14-24(33)27(37)35(22)25(18-6-4-7-18)19-9-11-20(30)12-10-19/h9-12,18,21-25H,4-8,13-14,16-17H2,1-3H3,(H,32,38)/t21-,22-,23-,24-,25-/m0/s1. The average molecular weight is 540 g/mol. The molecule has 3 saturated heterocycles. The number of likely N-dealkylation sites (tertiary alicyclic amines) is 3. The Labute approximate surface area is 229 Å². The van der Waals surface area contributed by atoms with Gasteiger partial charge in [0.1, 0.15) is 23.5 Å². The Morgan fingerprint density at radius 3 is 2.49 bits per heavy atom. The lowest BCUT2D eigenvalue weighted by Gasteiger charge is -2.45. The van der Waals surface area contributed by atoms with E-state index in [9.17, 15) is 24.0 Å². The smallest absolute Gasteiger partial charge is 0.408 e. The van der Waals surface area contributed by atoms with E-state index in [2.05, 4.69) is 11.4 Å². The van der Waals surface area contributed by atoms with Crippen LogP contribution >= 0.6 is 0 Å². The van der Waals surface area contributed by atoms with Gasteiger partial charge >= 0.3 is 6.09 Å². The zero-order valence-corrected chi connectivity index (χ0v) is 22.9. The summed E-state index contributed by atoms with van der Waals surface area (Å²) >= 11 is 0. The fourth-order valence-electron chi connectivity index (χ4n) is 6.57. The molecule has 0 radical (unpaired) electrons. The molecule has 3 heterocycles. The van der Waals surface area contributed by atoms with Gasteiger partial charge in [0.25, 0.3) is 0 Å². The minimum absolute atomic E-state index is 0.0194. The lowest BCUT2D eigenvalue weighted by atomic mass is 9.76. The first-order chi connectivity index (χ1) is 18.6. The van der Waals surface area contributed by atoms with Crippen LogP contribution in [-0.4, -0.2) is 82.0 Å². The molecule has 0 unspecified atom stereocenters. The first-order valence-electron chi connectivity index (χ1n) is 14.1. The van der Waals surface area contributed by atoms with Gasteiger partial charge < -0.3 is 19.9 Å². The molecule has 4 fully saturated rings. The fraction of sp³-hybridized carbons (Fsp3) is 0.655. The van der Waals surface area contributed by atoms with E-state index < -0.39 is 23.8 Å². The van der Waals surface area contributed by atoms with E-state index in [-0.39, 0.29) is 42.3 Å². The zero-order valence-electron chi connectivity index (χ0n) is 22.9. The molecule has 39 heavy (non-hydrogen) atoms. The number of alkyl carbamates (subject to hydrolysis) is 1. The molecule has 3 aliphatic heterocycles. The number of hydrogen-bond acceptors (Lipinski definition) is 6. The van der Waals surface area contributed by atoms with Gasteiger partial charge in [-0.1, -0.05) is 18.6 Å². The molecule has 10 heteroatoms. The van der Waals surface area contributed by atoms with Crippen LogP contribution in [-0.2, 0) is 14.3 Å². The number of benzene rings is 1. The summed E-state index contributed by atoms with van der Waals surface area (Å²) in [4.78, 5) is 45.6. The Morgan fingerprint density at radius 1 is 1.18 bits per heavy atom. The van der Waals surface area contributed by atoms with Crippen LogP contribution in [0.1, 0.15) is 70.9 Å². The van der Waals surface area contributed by atoms with E-state index in [0.717, 1.165) is 31.2 Å². The van der Waals surface area contributed by atoms with Gasteiger partial charge in [0.2, 0.25) is 11.8 Å². The molecule has 2 bridgehead atoms. The van der Waals surface area contributed by atoms with Crippen LogP contribution in [0.5, 0.6) is 0 Å². The maximum Gasteiger partial charge on any atom is 0.408 e. The third-order valence-corrected chi connectivity index (χ3v) is 8.51. The number of hydrogen-bond donors (Lipinski definition) is 1. The van der Waals surface area contributed by atoms with E-state index in [0.29, 0.717) is 31.8 Å². The number of nitrogens with zero attached hydrogens (tertiary/aromatic N) is 4. The SMILES string of the molecule is CC(C)(C)OC(=O)N[C@@H](CN1C[C@@H]2C[C@H]1C(=O)N2[C@H](c1ccc(F)cc1)C1CCC1)C(=O)N1CCC[C@H]1C#N. The minimum Gasteiger partial charge on any atom is -0.444 e. The minimum atomic E-state index is -0.936. The van der Waals surface area contributed by atoms with Crippen LogP contribution in [0.15, 0.2) is 24.3 Å². The van der Waals surface area contributed by atoms with Crippen molar-refractivity contribution in [2.24, 2.45) is 5.92 Å². The summed E-state index contributed by atoms with van der Waals surface area (Å²) in [5.74, 6) is -0.243. The van der Waals surface area contributed by atoms with Crippen LogP contribution in [0.25, 0.3) is 0 Å². The molecule has 1 N–H and O–H groups in total. The van der Waals surface area contributed by atoms with E-state index in [1.54, 1.807) is 32.9 Å². The fourth-order valence-corrected chi connectivity index (χ4v) is 6.57. The molecule has 210 valence electrons. The van der Waals surface area contributed by atoms with Crippen LogP contribution in [0.3, 0.4) is 0 Å². The summed E-state index contributed by atoms with van der Waals surface area (Å²) < 4.78 is 19.1. The molecule has 1 aromatic rings.